The molecule has 1 saturated heterocycles. The maximum atomic E-state index is 12.7. The molecule has 108 valence electrons. The van der Waals surface area contributed by atoms with Crippen LogP contribution in [0.3, 0.4) is 0 Å². The molecule has 0 radical (unpaired) electrons. The predicted octanol–water partition coefficient (Wildman–Crippen LogP) is 2.92. The number of aliphatic carboxylic acids is 1. The first-order valence-electron chi connectivity index (χ1n) is 6.70. The van der Waals surface area contributed by atoms with Gasteiger partial charge in [0.2, 0.25) is 0 Å². The number of benzene rings is 1. The molecule has 1 fully saturated rings. The van der Waals surface area contributed by atoms with Crippen LogP contribution in [0, 0.1) is 16.4 Å². The zero-order valence-electron chi connectivity index (χ0n) is 11.6. The van der Waals surface area contributed by atoms with Crippen molar-refractivity contribution >= 4 is 34.5 Å². The lowest BCUT2D eigenvalue weighted by Crippen LogP contribution is -2.50. The topological polar surface area (TPSA) is 57.6 Å². The van der Waals surface area contributed by atoms with Crippen LogP contribution in [0.4, 0.5) is 0 Å². The number of likely N-dealkylation sites (tertiary alicyclic amines) is 1. The summed E-state index contributed by atoms with van der Waals surface area (Å²) in [5, 5.41) is 9.35. The minimum absolute atomic E-state index is 0.169. The molecule has 0 aromatic heterocycles. The number of amides is 1. The minimum atomic E-state index is -0.910. The van der Waals surface area contributed by atoms with Gasteiger partial charge in [-0.3, -0.25) is 4.79 Å². The number of carbonyl (C=O) groups excluding carboxylic acids is 1. The Balaban J connectivity index is 2.31. The van der Waals surface area contributed by atoms with Crippen LogP contribution in [-0.2, 0) is 4.79 Å². The number of halogens is 1. The van der Waals surface area contributed by atoms with E-state index >= 15 is 0 Å². The van der Waals surface area contributed by atoms with Gasteiger partial charge in [0, 0.05) is 10.1 Å². The Labute approximate surface area is 132 Å². The van der Waals surface area contributed by atoms with Gasteiger partial charge >= 0.3 is 5.97 Å². The molecule has 2 rings (SSSR count). The Kier molecular flexibility index (Phi) is 4.67. The van der Waals surface area contributed by atoms with Crippen molar-refractivity contribution in [2.24, 2.45) is 5.92 Å². The van der Waals surface area contributed by atoms with Crippen molar-refractivity contribution in [3.63, 3.8) is 0 Å². The van der Waals surface area contributed by atoms with E-state index in [1.54, 1.807) is 0 Å². The van der Waals surface area contributed by atoms with Crippen LogP contribution >= 0.6 is 22.6 Å². The number of carbonyl (C=O) groups is 2. The third-order valence-corrected chi connectivity index (χ3v) is 4.70. The van der Waals surface area contributed by atoms with Crippen molar-refractivity contribution in [1.82, 2.24) is 4.90 Å². The Morgan fingerprint density at radius 3 is 2.75 bits per heavy atom. The first-order chi connectivity index (χ1) is 9.40. The molecule has 0 bridgehead atoms. The van der Waals surface area contributed by atoms with E-state index in [0.29, 0.717) is 24.4 Å². The summed E-state index contributed by atoms with van der Waals surface area (Å²) in [6.07, 6.45) is 1.39. The fraction of sp³-hybridized carbons (Fsp3) is 0.467. The zero-order chi connectivity index (χ0) is 14.9. The standard InChI is InChI=1S/C15H18INO3/c1-9-3-4-12(16)11(7-9)14(18)17-6-5-10(2)8-13(17)15(19)20/h3-4,7,10,13H,5-6,8H2,1-2H3,(H,19,20). The van der Waals surface area contributed by atoms with Gasteiger partial charge < -0.3 is 10.0 Å². The number of hydrogen-bond donors (Lipinski definition) is 1. The number of carboxylic acid groups (broad SMARTS) is 1. The second kappa shape index (κ2) is 6.11. The molecule has 1 aromatic carbocycles. The molecular formula is C15H18INO3. The van der Waals surface area contributed by atoms with Crippen LogP contribution in [0.5, 0.6) is 0 Å². The third-order valence-electron chi connectivity index (χ3n) is 3.76. The molecule has 1 aliphatic heterocycles. The normalized spacial score (nSPS) is 22.6. The Morgan fingerprint density at radius 1 is 1.40 bits per heavy atom. The molecule has 0 aliphatic carbocycles. The number of carboxylic acids is 1. The van der Waals surface area contributed by atoms with E-state index in [-0.39, 0.29) is 5.91 Å². The molecule has 2 atom stereocenters. The number of aryl methyl sites for hydroxylation is 1. The molecule has 1 aliphatic rings. The molecular weight excluding hydrogens is 369 g/mol. The van der Waals surface area contributed by atoms with Crippen molar-refractivity contribution < 1.29 is 14.7 Å². The summed E-state index contributed by atoms with van der Waals surface area (Å²) >= 11 is 2.12. The van der Waals surface area contributed by atoms with Crippen LogP contribution in [0.15, 0.2) is 18.2 Å². The molecule has 4 nitrogen and oxygen atoms in total. The maximum Gasteiger partial charge on any atom is 0.326 e. The molecule has 0 spiro atoms. The molecule has 5 heteroatoms. The Bertz CT molecular complexity index is 544. The average Bonchev–Trinajstić information content (AvgIpc) is 2.40. The highest BCUT2D eigenvalue weighted by Crippen LogP contribution is 2.26. The fourth-order valence-corrected chi connectivity index (χ4v) is 3.14. The summed E-state index contributed by atoms with van der Waals surface area (Å²) in [6.45, 7) is 4.48. The van der Waals surface area contributed by atoms with Crippen molar-refractivity contribution in [2.45, 2.75) is 32.7 Å². The van der Waals surface area contributed by atoms with Crippen molar-refractivity contribution in [3.8, 4) is 0 Å². The van der Waals surface area contributed by atoms with E-state index in [0.717, 1.165) is 15.6 Å². The lowest BCUT2D eigenvalue weighted by Gasteiger charge is -2.36. The van der Waals surface area contributed by atoms with Crippen LogP contribution in [0.25, 0.3) is 0 Å². The summed E-state index contributed by atoms with van der Waals surface area (Å²) in [7, 11) is 0. The van der Waals surface area contributed by atoms with Crippen LogP contribution < -0.4 is 0 Å². The van der Waals surface area contributed by atoms with Crippen LogP contribution in [-0.4, -0.2) is 34.5 Å². The van der Waals surface area contributed by atoms with E-state index in [1.807, 2.05) is 32.0 Å². The van der Waals surface area contributed by atoms with E-state index in [1.165, 1.54) is 4.90 Å². The van der Waals surface area contributed by atoms with Gasteiger partial charge in [-0.2, -0.15) is 0 Å². The molecule has 2 unspecified atom stereocenters. The molecule has 0 saturated carbocycles. The second-order valence-corrected chi connectivity index (χ2v) is 6.63. The van der Waals surface area contributed by atoms with Gasteiger partial charge in [0.25, 0.3) is 5.91 Å². The highest BCUT2D eigenvalue weighted by Gasteiger charge is 2.35. The Morgan fingerprint density at radius 2 is 2.10 bits per heavy atom. The second-order valence-electron chi connectivity index (χ2n) is 5.47. The van der Waals surface area contributed by atoms with Crippen molar-refractivity contribution in [3.05, 3.63) is 32.9 Å². The lowest BCUT2D eigenvalue weighted by atomic mass is 9.92. The molecule has 20 heavy (non-hydrogen) atoms. The lowest BCUT2D eigenvalue weighted by molar-refractivity contribution is -0.144. The number of nitrogens with zero attached hydrogens (tertiary/aromatic N) is 1. The highest BCUT2D eigenvalue weighted by atomic mass is 127. The van der Waals surface area contributed by atoms with Gasteiger partial charge in [-0.05, 0) is 60.4 Å². The summed E-state index contributed by atoms with van der Waals surface area (Å²) in [6, 6.07) is 4.97. The smallest absolute Gasteiger partial charge is 0.326 e. The number of hydrogen-bond acceptors (Lipinski definition) is 2. The Hall–Kier alpha value is -1.11. The van der Waals surface area contributed by atoms with Gasteiger partial charge in [-0.15, -0.1) is 0 Å². The summed E-state index contributed by atoms with van der Waals surface area (Å²) < 4.78 is 0.862. The average molecular weight is 387 g/mol. The van der Waals surface area contributed by atoms with Gasteiger partial charge in [-0.25, -0.2) is 4.79 Å². The van der Waals surface area contributed by atoms with Crippen molar-refractivity contribution in [2.75, 3.05) is 6.54 Å². The third kappa shape index (κ3) is 3.13. The quantitative estimate of drug-likeness (QED) is 0.794. The van der Waals surface area contributed by atoms with E-state index in [2.05, 4.69) is 22.6 Å². The zero-order valence-corrected chi connectivity index (χ0v) is 13.8. The first kappa shape index (κ1) is 15.3. The monoisotopic (exact) mass is 387 g/mol. The van der Waals surface area contributed by atoms with Gasteiger partial charge in [0.1, 0.15) is 6.04 Å². The van der Waals surface area contributed by atoms with E-state index in [4.69, 9.17) is 0 Å². The van der Waals surface area contributed by atoms with Gasteiger partial charge in [-0.1, -0.05) is 18.6 Å². The molecule has 1 N–H and O–H groups in total. The number of rotatable bonds is 2. The summed E-state index contributed by atoms with van der Waals surface area (Å²) in [5.74, 6) is -0.735. The summed E-state index contributed by atoms with van der Waals surface area (Å²) in [5.41, 5.74) is 1.61. The number of piperidine rings is 1. The molecule has 1 amide bonds. The SMILES string of the molecule is Cc1ccc(I)c(C(=O)N2CCC(C)CC2C(=O)O)c1. The van der Waals surface area contributed by atoms with Crippen LogP contribution in [0.1, 0.15) is 35.7 Å². The first-order valence-corrected chi connectivity index (χ1v) is 7.78. The minimum Gasteiger partial charge on any atom is -0.480 e. The fourth-order valence-electron chi connectivity index (χ4n) is 2.58. The maximum absolute atomic E-state index is 12.7. The predicted molar refractivity (Wildman–Crippen MR) is 84.8 cm³/mol. The van der Waals surface area contributed by atoms with E-state index in [9.17, 15) is 14.7 Å². The van der Waals surface area contributed by atoms with Crippen LogP contribution in [0.2, 0.25) is 0 Å². The molecule has 1 heterocycles. The van der Waals surface area contributed by atoms with E-state index < -0.39 is 12.0 Å². The van der Waals surface area contributed by atoms with Gasteiger partial charge in [0.15, 0.2) is 0 Å². The summed E-state index contributed by atoms with van der Waals surface area (Å²) in [4.78, 5) is 25.6. The highest BCUT2D eigenvalue weighted by molar-refractivity contribution is 14.1. The van der Waals surface area contributed by atoms with Gasteiger partial charge in [0.05, 0.1) is 5.56 Å². The molecule has 1 aromatic rings. The largest absolute Gasteiger partial charge is 0.480 e. The van der Waals surface area contributed by atoms with Crippen molar-refractivity contribution in [1.29, 1.82) is 0 Å².